The third kappa shape index (κ3) is 3.26. The van der Waals surface area contributed by atoms with Gasteiger partial charge in [0.15, 0.2) is 5.65 Å². The summed E-state index contributed by atoms with van der Waals surface area (Å²) in [6.07, 6.45) is 5.79. The highest BCUT2D eigenvalue weighted by Crippen LogP contribution is 2.22. The van der Waals surface area contributed by atoms with Gasteiger partial charge in [0.25, 0.3) is 0 Å². The van der Waals surface area contributed by atoms with Crippen molar-refractivity contribution in [2.45, 2.75) is 31.2 Å². The van der Waals surface area contributed by atoms with Crippen LogP contribution in [0, 0.1) is 0 Å². The lowest BCUT2D eigenvalue weighted by Gasteiger charge is -2.00. The van der Waals surface area contributed by atoms with Crippen molar-refractivity contribution in [1.29, 1.82) is 0 Å². The number of rotatable bonds is 6. The summed E-state index contributed by atoms with van der Waals surface area (Å²) in [6.45, 7) is 1.63. The molecule has 1 N–H and O–H groups in total. The van der Waals surface area contributed by atoms with E-state index in [-0.39, 0.29) is 5.78 Å². The summed E-state index contributed by atoms with van der Waals surface area (Å²) in [6, 6.07) is 0. The van der Waals surface area contributed by atoms with Crippen LogP contribution >= 0.6 is 11.8 Å². The zero-order valence-electron chi connectivity index (χ0n) is 9.64. The van der Waals surface area contributed by atoms with Crippen molar-refractivity contribution in [1.82, 2.24) is 19.9 Å². The van der Waals surface area contributed by atoms with Gasteiger partial charge in [0.05, 0.1) is 6.33 Å². The van der Waals surface area contributed by atoms with Gasteiger partial charge < -0.3 is 9.78 Å². The van der Waals surface area contributed by atoms with Crippen molar-refractivity contribution < 1.29 is 4.79 Å². The predicted octanol–water partition coefficient (Wildman–Crippen LogP) is 2.20. The second-order valence-corrected chi connectivity index (χ2v) is 4.87. The molecule has 6 heteroatoms. The van der Waals surface area contributed by atoms with E-state index in [1.54, 1.807) is 25.0 Å². The van der Waals surface area contributed by atoms with Crippen LogP contribution in [0.2, 0.25) is 0 Å². The minimum Gasteiger partial charge on any atom is -0.341 e. The summed E-state index contributed by atoms with van der Waals surface area (Å²) in [5.41, 5.74) is 1.59. The fourth-order valence-electron chi connectivity index (χ4n) is 1.50. The highest BCUT2D eigenvalue weighted by molar-refractivity contribution is 7.99. The van der Waals surface area contributed by atoms with Gasteiger partial charge >= 0.3 is 0 Å². The normalized spacial score (nSPS) is 10.9. The number of carbonyl (C=O) groups is 1. The monoisotopic (exact) mass is 250 g/mol. The van der Waals surface area contributed by atoms with Gasteiger partial charge in [0, 0.05) is 6.42 Å². The molecule has 2 heterocycles. The van der Waals surface area contributed by atoms with Gasteiger partial charge in [-0.25, -0.2) is 15.0 Å². The molecule has 5 nitrogen and oxygen atoms in total. The zero-order chi connectivity index (χ0) is 12.1. The Morgan fingerprint density at radius 1 is 1.35 bits per heavy atom. The minimum absolute atomic E-state index is 0.257. The SMILES string of the molecule is CC(=O)CCCCSc1ncnc2nc[nH]c12. The number of thioether (sulfide) groups is 1. The molecule has 0 atom stereocenters. The first kappa shape index (κ1) is 12.0. The van der Waals surface area contributed by atoms with Crippen LogP contribution in [0.3, 0.4) is 0 Å². The zero-order valence-corrected chi connectivity index (χ0v) is 10.5. The molecule has 0 unspecified atom stereocenters. The average molecular weight is 250 g/mol. The lowest BCUT2D eigenvalue weighted by Crippen LogP contribution is -1.91. The number of imidazole rings is 1. The van der Waals surface area contributed by atoms with Crippen molar-refractivity contribution in [2.75, 3.05) is 5.75 Å². The van der Waals surface area contributed by atoms with E-state index in [9.17, 15) is 4.79 Å². The van der Waals surface area contributed by atoms with Crippen molar-refractivity contribution in [3.8, 4) is 0 Å². The number of hydrogen-bond acceptors (Lipinski definition) is 5. The number of carbonyl (C=O) groups excluding carboxylic acids is 1. The van der Waals surface area contributed by atoms with Gasteiger partial charge in [-0.1, -0.05) is 0 Å². The minimum atomic E-state index is 0.257. The maximum atomic E-state index is 10.8. The van der Waals surface area contributed by atoms with Crippen LogP contribution in [0.1, 0.15) is 26.2 Å². The number of hydrogen-bond donors (Lipinski definition) is 1. The molecule has 0 aliphatic heterocycles. The van der Waals surface area contributed by atoms with Crippen LogP contribution in [0.15, 0.2) is 17.7 Å². The lowest BCUT2D eigenvalue weighted by molar-refractivity contribution is -0.117. The number of ketones is 1. The molecule has 0 fully saturated rings. The molecule has 2 rings (SSSR count). The van der Waals surface area contributed by atoms with Crippen LogP contribution < -0.4 is 0 Å². The second kappa shape index (κ2) is 5.77. The van der Waals surface area contributed by atoms with E-state index in [0.29, 0.717) is 12.1 Å². The van der Waals surface area contributed by atoms with E-state index in [1.807, 2.05) is 0 Å². The van der Waals surface area contributed by atoms with Crippen LogP contribution in [0.4, 0.5) is 0 Å². The predicted molar refractivity (Wildman–Crippen MR) is 66.9 cm³/mol. The number of fused-ring (bicyclic) bond motifs is 1. The van der Waals surface area contributed by atoms with E-state index < -0.39 is 0 Å². The molecule has 0 saturated carbocycles. The van der Waals surface area contributed by atoms with Gasteiger partial charge in [-0.3, -0.25) is 0 Å². The number of aromatic nitrogens is 4. The Morgan fingerprint density at radius 3 is 3.06 bits per heavy atom. The van der Waals surface area contributed by atoms with E-state index in [4.69, 9.17) is 0 Å². The molecule has 0 amide bonds. The van der Waals surface area contributed by atoms with Crippen molar-refractivity contribution >= 4 is 28.7 Å². The van der Waals surface area contributed by atoms with Gasteiger partial charge in [-0.05, 0) is 25.5 Å². The van der Waals surface area contributed by atoms with Gasteiger partial charge in [0.2, 0.25) is 0 Å². The van der Waals surface area contributed by atoms with Gasteiger partial charge in [0.1, 0.15) is 22.7 Å². The summed E-state index contributed by atoms with van der Waals surface area (Å²) in [5.74, 6) is 1.21. The molecule has 0 saturated heterocycles. The quantitative estimate of drug-likeness (QED) is 0.483. The summed E-state index contributed by atoms with van der Waals surface area (Å²) in [4.78, 5) is 26.2. The Kier molecular flexibility index (Phi) is 4.08. The molecule has 0 aliphatic carbocycles. The van der Waals surface area contributed by atoms with Crippen LogP contribution in [-0.4, -0.2) is 31.5 Å². The average Bonchev–Trinajstić information content (AvgIpc) is 2.77. The lowest BCUT2D eigenvalue weighted by atomic mass is 10.2. The number of aromatic amines is 1. The first-order valence-corrected chi connectivity index (χ1v) is 6.52. The number of nitrogens with zero attached hydrogens (tertiary/aromatic N) is 3. The Hall–Kier alpha value is -1.43. The molecule has 17 heavy (non-hydrogen) atoms. The first-order valence-electron chi connectivity index (χ1n) is 5.53. The maximum absolute atomic E-state index is 10.8. The molecule has 2 aromatic rings. The summed E-state index contributed by atoms with van der Waals surface area (Å²) < 4.78 is 0. The Morgan fingerprint density at radius 2 is 2.24 bits per heavy atom. The molecule has 0 bridgehead atoms. The third-order valence-corrected chi connectivity index (χ3v) is 3.43. The van der Waals surface area contributed by atoms with Gasteiger partial charge in [-0.2, -0.15) is 0 Å². The fourth-order valence-corrected chi connectivity index (χ4v) is 2.46. The van der Waals surface area contributed by atoms with Crippen molar-refractivity contribution in [3.63, 3.8) is 0 Å². The highest BCUT2D eigenvalue weighted by atomic mass is 32.2. The molecule has 0 radical (unpaired) electrons. The second-order valence-electron chi connectivity index (χ2n) is 3.79. The topological polar surface area (TPSA) is 71.5 Å². The van der Waals surface area contributed by atoms with E-state index in [1.165, 1.54) is 6.33 Å². The smallest absolute Gasteiger partial charge is 0.181 e. The molecular weight excluding hydrogens is 236 g/mol. The summed E-state index contributed by atoms with van der Waals surface area (Å²) in [7, 11) is 0. The maximum Gasteiger partial charge on any atom is 0.181 e. The van der Waals surface area contributed by atoms with E-state index >= 15 is 0 Å². The standard InChI is InChI=1S/C11H14N4OS/c1-8(16)4-2-3-5-17-11-9-10(13-6-12-9)14-7-15-11/h6-7H,2-5H2,1H3,(H,12,13,14,15). The largest absolute Gasteiger partial charge is 0.341 e. The number of Topliss-reactive ketones (excluding diaryl/α,β-unsaturated/α-hetero) is 1. The molecule has 0 spiro atoms. The number of nitrogens with one attached hydrogen (secondary N) is 1. The van der Waals surface area contributed by atoms with Crippen molar-refractivity contribution in [2.24, 2.45) is 0 Å². The Balaban J connectivity index is 1.86. The van der Waals surface area contributed by atoms with E-state index in [2.05, 4.69) is 19.9 Å². The van der Waals surface area contributed by atoms with E-state index in [0.717, 1.165) is 29.1 Å². The fraction of sp³-hybridized carbons (Fsp3) is 0.455. The summed E-state index contributed by atoms with van der Waals surface area (Å²) >= 11 is 1.67. The van der Waals surface area contributed by atoms with Crippen LogP contribution in [0.5, 0.6) is 0 Å². The highest BCUT2D eigenvalue weighted by Gasteiger charge is 2.05. The van der Waals surface area contributed by atoms with Crippen molar-refractivity contribution in [3.05, 3.63) is 12.7 Å². The molecular formula is C11H14N4OS. The molecule has 90 valence electrons. The van der Waals surface area contributed by atoms with Crippen LogP contribution in [-0.2, 0) is 4.79 Å². The Bertz CT molecular complexity index is 511. The number of unbranched alkanes of at least 4 members (excludes halogenated alkanes) is 1. The van der Waals surface area contributed by atoms with Crippen LogP contribution in [0.25, 0.3) is 11.2 Å². The van der Waals surface area contributed by atoms with Gasteiger partial charge in [-0.15, -0.1) is 11.8 Å². The Labute approximate surface area is 103 Å². The molecule has 2 aromatic heterocycles. The molecule has 0 aliphatic rings. The first-order chi connectivity index (χ1) is 8.27. The molecule has 0 aromatic carbocycles. The summed E-state index contributed by atoms with van der Waals surface area (Å²) in [5, 5.41) is 0.926. The third-order valence-electron chi connectivity index (χ3n) is 2.35. The number of H-pyrrole nitrogens is 1.